The fraction of sp³-hybridized carbons (Fsp3) is 0.654. The maximum absolute atomic E-state index is 13.8. The van der Waals surface area contributed by atoms with Crippen LogP contribution in [-0.4, -0.2) is 47.2 Å². The second-order valence-corrected chi connectivity index (χ2v) is 10.1. The van der Waals surface area contributed by atoms with Crippen LogP contribution in [0.4, 0.5) is 4.39 Å². The molecule has 31 heavy (non-hydrogen) atoms. The molecule has 170 valence electrons. The monoisotopic (exact) mass is 426 g/mol. The van der Waals surface area contributed by atoms with Crippen molar-refractivity contribution in [3.63, 3.8) is 0 Å². The largest absolute Gasteiger partial charge is 0.325 e. The Labute approximate surface area is 186 Å². The molecule has 0 unspecified atom stereocenters. The highest BCUT2D eigenvalue weighted by molar-refractivity contribution is 5.76. The molecular formula is C26H39FN4. The summed E-state index contributed by atoms with van der Waals surface area (Å²) < 4.78 is 16.2. The van der Waals surface area contributed by atoms with Gasteiger partial charge in [0.25, 0.3) is 0 Å². The van der Waals surface area contributed by atoms with Crippen LogP contribution in [0.2, 0.25) is 0 Å². The summed E-state index contributed by atoms with van der Waals surface area (Å²) in [5.74, 6) is 0.885. The summed E-state index contributed by atoms with van der Waals surface area (Å²) >= 11 is 0. The topological polar surface area (TPSA) is 33.1 Å². The Morgan fingerprint density at radius 1 is 1.23 bits per heavy atom. The van der Waals surface area contributed by atoms with Crippen molar-refractivity contribution in [3.8, 4) is 0 Å². The van der Waals surface area contributed by atoms with Crippen molar-refractivity contribution in [1.82, 2.24) is 19.8 Å². The summed E-state index contributed by atoms with van der Waals surface area (Å²) in [6.07, 6.45) is 7.04. The molecule has 0 amide bonds. The Balaban J connectivity index is 1.50. The van der Waals surface area contributed by atoms with Crippen LogP contribution in [0.5, 0.6) is 0 Å². The first-order valence-corrected chi connectivity index (χ1v) is 12.2. The fourth-order valence-corrected chi connectivity index (χ4v) is 5.67. The first kappa shape index (κ1) is 22.5. The lowest BCUT2D eigenvalue weighted by Crippen LogP contribution is -2.39. The maximum Gasteiger partial charge on any atom is 0.125 e. The molecule has 4 nitrogen and oxygen atoms in total. The Morgan fingerprint density at radius 2 is 2.00 bits per heavy atom. The predicted molar refractivity (Wildman–Crippen MR) is 127 cm³/mol. The highest BCUT2D eigenvalue weighted by Crippen LogP contribution is 2.41. The summed E-state index contributed by atoms with van der Waals surface area (Å²) in [5, 5.41) is 3.41. The summed E-state index contributed by atoms with van der Waals surface area (Å²) in [6, 6.07) is 5.51. The van der Waals surface area contributed by atoms with Gasteiger partial charge in [-0.3, -0.25) is 4.90 Å². The number of hydrogen-bond acceptors (Lipinski definition) is 3. The van der Waals surface area contributed by atoms with Crippen molar-refractivity contribution in [2.45, 2.75) is 72.3 Å². The number of nitrogens with one attached hydrogen (secondary N) is 1. The van der Waals surface area contributed by atoms with Gasteiger partial charge in [-0.1, -0.05) is 31.9 Å². The van der Waals surface area contributed by atoms with E-state index in [1.807, 2.05) is 6.07 Å². The van der Waals surface area contributed by atoms with Crippen molar-refractivity contribution in [2.75, 3.05) is 32.7 Å². The number of fused-ring (bicyclic) bond motifs is 1. The fourth-order valence-electron chi connectivity index (χ4n) is 5.67. The Morgan fingerprint density at radius 3 is 2.71 bits per heavy atom. The average Bonchev–Trinajstić information content (AvgIpc) is 3.08. The lowest BCUT2D eigenvalue weighted by molar-refractivity contribution is 0.185. The summed E-state index contributed by atoms with van der Waals surface area (Å²) in [4.78, 5) is 7.48. The van der Waals surface area contributed by atoms with E-state index < -0.39 is 0 Å². The van der Waals surface area contributed by atoms with Gasteiger partial charge in [0.1, 0.15) is 11.6 Å². The third-order valence-electron chi connectivity index (χ3n) is 7.49. The number of halogens is 1. The highest BCUT2D eigenvalue weighted by Gasteiger charge is 2.31. The van der Waals surface area contributed by atoms with Crippen molar-refractivity contribution >= 4 is 11.0 Å². The van der Waals surface area contributed by atoms with Crippen LogP contribution in [0.25, 0.3) is 11.0 Å². The molecule has 2 heterocycles. The number of piperidine rings is 1. The number of nitrogens with zero attached hydrogens (tertiary/aromatic N) is 3. The second-order valence-electron chi connectivity index (χ2n) is 10.1. The minimum atomic E-state index is -0.205. The average molecular weight is 427 g/mol. The van der Waals surface area contributed by atoms with Gasteiger partial charge >= 0.3 is 0 Å². The van der Waals surface area contributed by atoms with E-state index in [4.69, 9.17) is 4.98 Å². The van der Waals surface area contributed by atoms with Gasteiger partial charge in [0, 0.05) is 44.7 Å². The number of likely N-dealkylation sites (tertiary alicyclic amines) is 1. The zero-order chi connectivity index (χ0) is 22.0. The molecule has 5 heteroatoms. The summed E-state index contributed by atoms with van der Waals surface area (Å²) in [5.41, 5.74) is 5.50. The van der Waals surface area contributed by atoms with Gasteiger partial charge in [-0.2, -0.15) is 0 Å². The number of imidazole rings is 1. The van der Waals surface area contributed by atoms with E-state index in [0.717, 1.165) is 68.8 Å². The smallest absolute Gasteiger partial charge is 0.125 e. The lowest BCUT2D eigenvalue weighted by Gasteiger charge is -2.40. The predicted octanol–water partition coefficient (Wildman–Crippen LogP) is 5.49. The quantitative estimate of drug-likeness (QED) is 0.469. The van der Waals surface area contributed by atoms with Crippen molar-refractivity contribution < 1.29 is 4.39 Å². The van der Waals surface area contributed by atoms with Gasteiger partial charge in [0.2, 0.25) is 0 Å². The van der Waals surface area contributed by atoms with E-state index in [2.05, 4.69) is 42.5 Å². The number of likely N-dealkylation sites (N-methyl/N-ethyl adjacent to an activating group) is 1. The molecule has 0 spiro atoms. The Hall–Kier alpha value is -1.72. The summed E-state index contributed by atoms with van der Waals surface area (Å²) in [7, 11) is 0. The number of benzene rings is 1. The lowest BCUT2D eigenvalue weighted by atomic mass is 9.72. The minimum absolute atomic E-state index is 0.205. The van der Waals surface area contributed by atoms with Crippen LogP contribution in [0.15, 0.2) is 29.3 Å². The van der Waals surface area contributed by atoms with Crippen molar-refractivity contribution in [3.05, 3.63) is 41.0 Å². The van der Waals surface area contributed by atoms with Crippen molar-refractivity contribution in [1.29, 1.82) is 0 Å². The molecule has 2 aromatic rings. The maximum atomic E-state index is 13.8. The first-order chi connectivity index (χ1) is 14.9. The molecule has 1 saturated heterocycles. The molecule has 0 radical (unpaired) electrons. The molecule has 0 atom stereocenters. The molecule has 1 aliphatic heterocycles. The molecular weight excluding hydrogens is 387 g/mol. The van der Waals surface area contributed by atoms with Gasteiger partial charge in [-0.05, 0) is 63.1 Å². The molecule has 0 bridgehead atoms. The number of allylic oxidation sites excluding steroid dienone is 1. The number of hydrogen-bond donors (Lipinski definition) is 1. The normalized spacial score (nSPS) is 20.7. The molecule has 1 aromatic carbocycles. The van der Waals surface area contributed by atoms with E-state index in [1.54, 1.807) is 23.3 Å². The third-order valence-corrected chi connectivity index (χ3v) is 7.49. The molecule has 4 rings (SSSR count). The summed E-state index contributed by atoms with van der Waals surface area (Å²) in [6.45, 7) is 14.5. The van der Waals surface area contributed by atoms with Crippen molar-refractivity contribution in [2.24, 2.45) is 5.41 Å². The SMILES string of the molecule is CCNCCc1nc2cc(F)ccc2n1C1CCN(CC2=C(C)CCCC2(C)C)CC1. The first-order valence-electron chi connectivity index (χ1n) is 12.2. The van der Waals surface area contributed by atoms with Crippen LogP contribution in [0.3, 0.4) is 0 Å². The highest BCUT2D eigenvalue weighted by atomic mass is 19.1. The van der Waals surface area contributed by atoms with Gasteiger partial charge in [0.15, 0.2) is 0 Å². The van der Waals surface area contributed by atoms with E-state index in [9.17, 15) is 4.39 Å². The van der Waals surface area contributed by atoms with Crippen LogP contribution >= 0.6 is 0 Å². The second kappa shape index (κ2) is 9.41. The van der Waals surface area contributed by atoms with E-state index >= 15 is 0 Å². The van der Waals surface area contributed by atoms with Crippen LogP contribution in [-0.2, 0) is 6.42 Å². The molecule has 1 fully saturated rings. The van der Waals surface area contributed by atoms with Crippen LogP contribution < -0.4 is 5.32 Å². The van der Waals surface area contributed by atoms with E-state index in [-0.39, 0.29) is 5.82 Å². The Bertz CT molecular complexity index is 934. The molecule has 0 saturated carbocycles. The Kier molecular flexibility index (Phi) is 6.83. The number of aromatic nitrogens is 2. The third kappa shape index (κ3) is 4.88. The van der Waals surface area contributed by atoms with E-state index in [0.29, 0.717) is 11.5 Å². The molecule has 1 aliphatic carbocycles. The van der Waals surface area contributed by atoms with Gasteiger partial charge in [0.05, 0.1) is 11.0 Å². The molecule has 1 aromatic heterocycles. The zero-order valence-electron chi connectivity index (χ0n) is 19.8. The van der Waals surface area contributed by atoms with Gasteiger partial charge < -0.3 is 9.88 Å². The zero-order valence-corrected chi connectivity index (χ0v) is 19.8. The standard InChI is InChI=1S/C26H39FN4/c1-5-28-14-10-25-29-23-17-20(27)8-9-24(23)31(25)21-11-15-30(16-12-21)18-22-19(2)7-6-13-26(22,3)4/h8-9,17,21,28H,5-7,10-16,18H2,1-4H3. The minimum Gasteiger partial charge on any atom is -0.325 e. The molecule has 2 aliphatic rings. The van der Waals surface area contributed by atoms with Crippen LogP contribution in [0.1, 0.15) is 71.7 Å². The van der Waals surface area contributed by atoms with Crippen LogP contribution in [0, 0.1) is 11.2 Å². The van der Waals surface area contributed by atoms with Gasteiger partial charge in [-0.25, -0.2) is 9.37 Å². The van der Waals surface area contributed by atoms with Gasteiger partial charge in [-0.15, -0.1) is 0 Å². The number of rotatable bonds is 7. The molecule has 1 N–H and O–H groups in total. The van der Waals surface area contributed by atoms with E-state index in [1.165, 1.54) is 19.3 Å².